The minimum absolute atomic E-state index is 0.0699. The maximum atomic E-state index is 12.8. The van der Waals surface area contributed by atoms with E-state index in [0.717, 1.165) is 25.7 Å². The van der Waals surface area contributed by atoms with E-state index in [1.165, 1.54) is 16.4 Å². The molecule has 7 nitrogen and oxygen atoms in total. The molecule has 2 unspecified atom stereocenters. The largest absolute Gasteiger partial charge is 0.299 e. The predicted molar refractivity (Wildman–Crippen MR) is 118 cm³/mol. The van der Waals surface area contributed by atoms with E-state index in [1.807, 2.05) is 13.8 Å². The van der Waals surface area contributed by atoms with Crippen LogP contribution in [0.15, 0.2) is 29.2 Å². The summed E-state index contributed by atoms with van der Waals surface area (Å²) in [6, 6.07) is 6.37. The van der Waals surface area contributed by atoms with Gasteiger partial charge in [0.2, 0.25) is 20.0 Å². The van der Waals surface area contributed by atoms with Crippen molar-refractivity contribution in [2.75, 3.05) is 18.8 Å². The maximum Gasteiger partial charge on any atom is 0.243 e. The third-order valence-electron chi connectivity index (χ3n) is 7.95. The van der Waals surface area contributed by atoms with E-state index in [0.29, 0.717) is 31.5 Å². The fraction of sp³-hybridized carbons (Fsp3) is 0.682. The van der Waals surface area contributed by atoms with Gasteiger partial charge < -0.3 is 0 Å². The number of carbonyl (C=O) groups is 1. The quantitative estimate of drug-likeness (QED) is 0.663. The lowest BCUT2D eigenvalue weighted by atomic mass is 9.70. The van der Waals surface area contributed by atoms with Gasteiger partial charge in [-0.1, -0.05) is 32.4 Å². The van der Waals surface area contributed by atoms with Crippen molar-refractivity contribution in [3.63, 3.8) is 0 Å². The molecule has 0 radical (unpaired) electrons. The van der Waals surface area contributed by atoms with Gasteiger partial charge >= 0.3 is 0 Å². The van der Waals surface area contributed by atoms with Crippen molar-refractivity contribution >= 4 is 25.8 Å². The van der Waals surface area contributed by atoms with Crippen molar-refractivity contribution < 1.29 is 21.6 Å². The highest BCUT2D eigenvalue weighted by Crippen LogP contribution is 2.64. The highest BCUT2D eigenvalue weighted by molar-refractivity contribution is 7.89. The van der Waals surface area contributed by atoms with E-state index in [4.69, 9.17) is 0 Å². The molecule has 0 spiro atoms. The Morgan fingerprint density at radius 2 is 1.68 bits per heavy atom. The SMILES string of the molecule is CC1(C)C2CCC1(CS(=O)(=O)NCc1ccc(S(=O)(=O)N3CCCCC3)cc1)C(=O)C2. The van der Waals surface area contributed by atoms with Gasteiger partial charge in [-0.2, -0.15) is 4.31 Å². The zero-order valence-electron chi connectivity index (χ0n) is 18.3. The number of rotatable bonds is 7. The molecule has 31 heavy (non-hydrogen) atoms. The van der Waals surface area contributed by atoms with Gasteiger partial charge in [0, 0.05) is 31.5 Å². The predicted octanol–water partition coefficient (Wildman–Crippen LogP) is 2.68. The summed E-state index contributed by atoms with van der Waals surface area (Å²) in [5.74, 6) is 0.167. The maximum absolute atomic E-state index is 12.8. The average Bonchev–Trinajstić information content (AvgIpc) is 3.07. The Morgan fingerprint density at radius 1 is 1.03 bits per heavy atom. The number of hydrogen-bond donors (Lipinski definition) is 1. The van der Waals surface area contributed by atoms with Crippen LogP contribution in [0.2, 0.25) is 0 Å². The molecule has 2 atom stereocenters. The van der Waals surface area contributed by atoms with Crippen LogP contribution in [0.4, 0.5) is 0 Å². The topological polar surface area (TPSA) is 101 Å². The number of nitrogens with one attached hydrogen (secondary N) is 1. The first-order valence-corrected chi connectivity index (χ1v) is 14.2. The molecule has 0 amide bonds. The van der Waals surface area contributed by atoms with Crippen molar-refractivity contribution in [2.24, 2.45) is 16.7 Å². The molecule has 172 valence electrons. The second kappa shape index (κ2) is 7.93. The molecule has 3 fully saturated rings. The zero-order chi connectivity index (χ0) is 22.5. The second-order valence-corrected chi connectivity index (χ2v) is 13.6. The molecule has 4 rings (SSSR count). The van der Waals surface area contributed by atoms with Gasteiger partial charge in [-0.15, -0.1) is 0 Å². The molecule has 1 heterocycles. The van der Waals surface area contributed by atoms with E-state index in [-0.39, 0.29) is 34.3 Å². The van der Waals surface area contributed by atoms with Crippen molar-refractivity contribution in [2.45, 2.75) is 63.8 Å². The van der Waals surface area contributed by atoms with Crippen LogP contribution < -0.4 is 4.72 Å². The molecular formula is C22H32N2O5S2. The summed E-state index contributed by atoms with van der Waals surface area (Å²) in [6.45, 7) is 5.20. The molecular weight excluding hydrogens is 436 g/mol. The molecule has 0 aromatic heterocycles. The van der Waals surface area contributed by atoms with Crippen LogP contribution in [0.25, 0.3) is 0 Å². The summed E-state index contributed by atoms with van der Waals surface area (Å²) in [4.78, 5) is 12.9. The lowest BCUT2D eigenvalue weighted by Gasteiger charge is -2.36. The van der Waals surface area contributed by atoms with Gasteiger partial charge in [-0.05, 0) is 54.7 Å². The van der Waals surface area contributed by atoms with Crippen molar-refractivity contribution in [1.29, 1.82) is 0 Å². The Bertz CT molecular complexity index is 1060. The molecule has 1 saturated heterocycles. The first kappa shape index (κ1) is 22.9. The molecule has 1 aromatic carbocycles. The van der Waals surface area contributed by atoms with Gasteiger partial charge in [0.15, 0.2) is 0 Å². The lowest BCUT2D eigenvalue weighted by molar-refractivity contribution is -0.128. The number of hydrogen-bond acceptors (Lipinski definition) is 5. The molecule has 1 aliphatic heterocycles. The number of piperidine rings is 1. The third-order valence-corrected chi connectivity index (χ3v) is 11.3. The first-order chi connectivity index (χ1) is 14.5. The third kappa shape index (κ3) is 3.98. The molecule has 1 aromatic rings. The van der Waals surface area contributed by atoms with Crippen LogP contribution in [0.1, 0.15) is 57.9 Å². The number of nitrogens with zero attached hydrogens (tertiary/aromatic N) is 1. The fourth-order valence-electron chi connectivity index (χ4n) is 5.71. The van der Waals surface area contributed by atoms with E-state index in [1.54, 1.807) is 12.1 Å². The van der Waals surface area contributed by atoms with Gasteiger partial charge in [-0.25, -0.2) is 21.6 Å². The molecule has 1 N–H and O–H groups in total. The number of sulfonamides is 2. The zero-order valence-corrected chi connectivity index (χ0v) is 19.9. The van der Waals surface area contributed by atoms with E-state index in [2.05, 4.69) is 4.72 Å². The Kier molecular flexibility index (Phi) is 5.86. The minimum atomic E-state index is -3.66. The fourth-order valence-corrected chi connectivity index (χ4v) is 9.04. The summed E-state index contributed by atoms with van der Waals surface area (Å²) >= 11 is 0. The Labute approximate surface area is 185 Å². The van der Waals surface area contributed by atoms with Crippen LogP contribution in [0, 0.1) is 16.7 Å². The Balaban J connectivity index is 1.42. The molecule has 2 bridgehead atoms. The average molecular weight is 469 g/mol. The van der Waals surface area contributed by atoms with Crippen LogP contribution in [-0.4, -0.2) is 45.8 Å². The first-order valence-electron chi connectivity index (χ1n) is 11.1. The Morgan fingerprint density at radius 3 is 2.23 bits per heavy atom. The standard InChI is InChI=1S/C22H32N2O5S2/c1-21(2)18-10-11-22(21,20(25)14-18)16-30(26,27)23-15-17-6-8-19(9-7-17)31(28,29)24-12-4-3-5-13-24/h6-9,18,23H,3-5,10-16H2,1-2H3. The van der Waals surface area contributed by atoms with Crippen LogP contribution >= 0.6 is 0 Å². The summed E-state index contributed by atoms with van der Waals surface area (Å²) in [5, 5.41) is 0. The summed E-state index contributed by atoms with van der Waals surface area (Å²) in [7, 11) is -7.17. The number of carbonyl (C=O) groups excluding carboxylic acids is 1. The van der Waals surface area contributed by atoms with E-state index in [9.17, 15) is 21.6 Å². The molecule has 9 heteroatoms. The molecule has 2 saturated carbocycles. The number of Topliss-reactive ketones (excluding diaryl/α,β-unsaturated/α-hetero) is 1. The van der Waals surface area contributed by atoms with E-state index < -0.39 is 25.5 Å². The summed E-state index contributed by atoms with van der Waals surface area (Å²) in [5.41, 5.74) is -0.418. The monoisotopic (exact) mass is 468 g/mol. The van der Waals surface area contributed by atoms with Gasteiger partial charge in [0.25, 0.3) is 0 Å². The number of benzene rings is 1. The van der Waals surface area contributed by atoms with Crippen LogP contribution in [0.3, 0.4) is 0 Å². The van der Waals surface area contributed by atoms with Crippen LogP contribution in [-0.2, 0) is 31.4 Å². The van der Waals surface area contributed by atoms with E-state index >= 15 is 0 Å². The van der Waals surface area contributed by atoms with Gasteiger partial charge in [-0.3, -0.25) is 4.79 Å². The summed E-state index contributed by atoms with van der Waals surface area (Å²) in [6.07, 6.45) is 4.82. The van der Waals surface area contributed by atoms with Gasteiger partial charge in [0.05, 0.1) is 10.6 Å². The van der Waals surface area contributed by atoms with Crippen LogP contribution in [0.5, 0.6) is 0 Å². The highest BCUT2D eigenvalue weighted by atomic mass is 32.2. The summed E-state index contributed by atoms with van der Waals surface area (Å²) < 4.78 is 55.3. The molecule has 3 aliphatic rings. The minimum Gasteiger partial charge on any atom is -0.299 e. The van der Waals surface area contributed by atoms with Crippen molar-refractivity contribution in [3.8, 4) is 0 Å². The smallest absolute Gasteiger partial charge is 0.243 e. The Hall–Kier alpha value is -1.29. The second-order valence-electron chi connectivity index (χ2n) is 9.86. The van der Waals surface area contributed by atoms with Gasteiger partial charge in [0.1, 0.15) is 5.78 Å². The number of ketones is 1. The molecule has 2 aliphatic carbocycles. The van der Waals surface area contributed by atoms with Crippen molar-refractivity contribution in [3.05, 3.63) is 29.8 Å². The number of fused-ring (bicyclic) bond motifs is 2. The van der Waals surface area contributed by atoms with Crippen molar-refractivity contribution in [1.82, 2.24) is 9.03 Å². The normalized spacial score (nSPS) is 28.8. The highest BCUT2D eigenvalue weighted by Gasteiger charge is 2.65. The lowest BCUT2D eigenvalue weighted by Crippen LogP contribution is -2.45.